The number of hydrogen-bond acceptors (Lipinski definition) is 4. The first kappa shape index (κ1) is 19.8. The van der Waals surface area contributed by atoms with Crippen molar-refractivity contribution in [2.75, 3.05) is 0 Å². The van der Waals surface area contributed by atoms with Gasteiger partial charge in [-0.2, -0.15) is 10.5 Å². The molecule has 0 saturated carbocycles. The van der Waals surface area contributed by atoms with E-state index in [4.69, 9.17) is 9.31 Å². The highest BCUT2D eigenvalue weighted by Gasteiger charge is 2.07. The van der Waals surface area contributed by atoms with Gasteiger partial charge in [0.1, 0.15) is 11.5 Å². The summed E-state index contributed by atoms with van der Waals surface area (Å²) in [5, 5.41) is 18.5. The van der Waals surface area contributed by atoms with Crippen molar-refractivity contribution in [2.45, 2.75) is 0 Å². The fourth-order valence-corrected chi connectivity index (χ4v) is 3.23. The van der Waals surface area contributed by atoms with Gasteiger partial charge in [0.05, 0.1) is 23.3 Å². The van der Waals surface area contributed by atoms with Crippen molar-refractivity contribution >= 4 is 7.69 Å². The van der Waals surface area contributed by atoms with Crippen molar-refractivity contribution in [1.29, 1.82) is 10.5 Å². The fraction of sp³-hybridized carbons (Fsp3) is 0. The van der Waals surface area contributed by atoms with E-state index in [9.17, 15) is 10.5 Å². The van der Waals surface area contributed by atoms with Gasteiger partial charge >= 0.3 is 7.69 Å². The molecule has 5 heteroatoms. The first-order chi connectivity index (χ1) is 15.3. The zero-order chi connectivity index (χ0) is 21.5. The molecule has 0 unspecified atom stereocenters. The lowest BCUT2D eigenvalue weighted by Gasteiger charge is -2.09. The molecule has 0 saturated heterocycles. The molecular formula is C26H16BN2O2. The van der Waals surface area contributed by atoms with E-state index in [0.29, 0.717) is 22.6 Å². The Morgan fingerprint density at radius 2 is 0.903 bits per heavy atom. The molecule has 4 rings (SSSR count). The first-order valence-electron chi connectivity index (χ1n) is 9.62. The van der Waals surface area contributed by atoms with Gasteiger partial charge in [0.2, 0.25) is 0 Å². The van der Waals surface area contributed by atoms with Crippen LogP contribution in [0.2, 0.25) is 0 Å². The summed E-state index contributed by atoms with van der Waals surface area (Å²) in [5.41, 5.74) is 4.92. The van der Waals surface area contributed by atoms with Gasteiger partial charge in [0.15, 0.2) is 0 Å². The Hall–Kier alpha value is -4.48. The molecule has 0 aliphatic carbocycles. The Labute approximate surface area is 181 Å². The van der Waals surface area contributed by atoms with Gasteiger partial charge in [-0.05, 0) is 58.7 Å². The van der Waals surface area contributed by atoms with Gasteiger partial charge < -0.3 is 9.31 Å². The van der Waals surface area contributed by atoms with Crippen LogP contribution in [-0.2, 0) is 0 Å². The molecule has 0 heterocycles. The Bertz CT molecular complexity index is 1170. The molecule has 0 spiro atoms. The van der Waals surface area contributed by atoms with Crippen molar-refractivity contribution in [1.82, 2.24) is 0 Å². The number of benzene rings is 4. The molecule has 0 aliphatic rings. The third-order valence-electron chi connectivity index (χ3n) is 4.79. The second-order valence-corrected chi connectivity index (χ2v) is 6.70. The molecule has 31 heavy (non-hydrogen) atoms. The predicted molar refractivity (Wildman–Crippen MR) is 120 cm³/mol. The van der Waals surface area contributed by atoms with Crippen LogP contribution in [0.25, 0.3) is 22.3 Å². The minimum atomic E-state index is 0.623. The summed E-state index contributed by atoms with van der Waals surface area (Å²) in [4.78, 5) is 0. The summed E-state index contributed by atoms with van der Waals surface area (Å²) in [6, 6.07) is 34.3. The first-order valence-corrected chi connectivity index (χ1v) is 9.62. The molecule has 0 fully saturated rings. The van der Waals surface area contributed by atoms with Crippen LogP contribution < -0.4 is 9.31 Å². The molecule has 0 bridgehead atoms. The van der Waals surface area contributed by atoms with Crippen LogP contribution in [0.4, 0.5) is 0 Å². The number of rotatable bonds is 6. The van der Waals surface area contributed by atoms with E-state index >= 15 is 0 Å². The van der Waals surface area contributed by atoms with Crippen LogP contribution >= 0.6 is 0 Å². The standard InChI is InChI=1S/C26H16BN2O2/c28-17-21-5-1-3-7-25(21)19-9-13-23(14-10-19)30-27-31-24-15-11-20(12-16-24)26-8-4-2-6-22(26)18-29/h1-16H. The Balaban J connectivity index is 1.36. The summed E-state index contributed by atoms with van der Waals surface area (Å²) in [7, 11) is 1.27. The van der Waals surface area contributed by atoms with E-state index in [0.717, 1.165) is 22.3 Å². The minimum Gasteiger partial charge on any atom is -0.526 e. The third kappa shape index (κ3) is 4.58. The lowest BCUT2D eigenvalue weighted by Crippen LogP contribution is -2.10. The van der Waals surface area contributed by atoms with Gasteiger partial charge in [-0.3, -0.25) is 0 Å². The van der Waals surface area contributed by atoms with Crippen molar-refractivity contribution in [3.63, 3.8) is 0 Å². The minimum absolute atomic E-state index is 0.623. The highest BCUT2D eigenvalue weighted by Crippen LogP contribution is 2.27. The van der Waals surface area contributed by atoms with E-state index in [1.807, 2.05) is 84.9 Å². The molecule has 4 nitrogen and oxygen atoms in total. The monoisotopic (exact) mass is 399 g/mol. The lowest BCUT2D eigenvalue weighted by atomic mass is 10.0. The average molecular weight is 399 g/mol. The van der Waals surface area contributed by atoms with Crippen LogP contribution in [-0.4, -0.2) is 7.69 Å². The summed E-state index contributed by atoms with van der Waals surface area (Å²) >= 11 is 0. The SMILES string of the molecule is N#Cc1ccccc1-c1ccc(O[B]Oc2ccc(-c3ccccc3C#N)cc2)cc1. The summed E-state index contributed by atoms with van der Waals surface area (Å²) in [5.74, 6) is 1.25. The maximum absolute atomic E-state index is 9.26. The molecule has 0 atom stereocenters. The average Bonchev–Trinajstić information content (AvgIpc) is 2.85. The number of nitriles is 2. The molecule has 0 amide bonds. The topological polar surface area (TPSA) is 66.0 Å². The summed E-state index contributed by atoms with van der Waals surface area (Å²) < 4.78 is 11.1. The number of nitrogens with zero attached hydrogens (tertiary/aromatic N) is 2. The van der Waals surface area contributed by atoms with Gasteiger partial charge in [0.25, 0.3) is 0 Å². The molecule has 4 aromatic carbocycles. The van der Waals surface area contributed by atoms with Gasteiger partial charge in [0, 0.05) is 0 Å². The van der Waals surface area contributed by atoms with Crippen LogP contribution in [0.1, 0.15) is 11.1 Å². The molecule has 4 aromatic rings. The van der Waals surface area contributed by atoms with E-state index in [1.54, 1.807) is 12.1 Å². The van der Waals surface area contributed by atoms with Gasteiger partial charge in [-0.15, -0.1) is 0 Å². The van der Waals surface area contributed by atoms with E-state index in [1.165, 1.54) is 7.69 Å². The van der Waals surface area contributed by atoms with Crippen molar-refractivity contribution in [2.24, 2.45) is 0 Å². The highest BCUT2D eigenvalue weighted by molar-refractivity contribution is 6.20. The second-order valence-electron chi connectivity index (χ2n) is 6.70. The molecule has 145 valence electrons. The van der Waals surface area contributed by atoms with Crippen molar-refractivity contribution in [3.05, 3.63) is 108 Å². The van der Waals surface area contributed by atoms with E-state index in [2.05, 4.69) is 12.1 Å². The lowest BCUT2D eigenvalue weighted by molar-refractivity contribution is 0.459. The Kier molecular flexibility index (Phi) is 5.98. The molecule has 0 aromatic heterocycles. The van der Waals surface area contributed by atoms with E-state index < -0.39 is 0 Å². The molecule has 1 radical (unpaired) electrons. The largest absolute Gasteiger partial charge is 0.658 e. The quantitative estimate of drug-likeness (QED) is 0.387. The molecule has 0 N–H and O–H groups in total. The second kappa shape index (κ2) is 9.35. The highest BCUT2D eigenvalue weighted by atomic mass is 16.6. The normalized spacial score (nSPS) is 9.87. The molecule has 0 aliphatic heterocycles. The smallest absolute Gasteiger partial charge is 0.526 e. The van der Waals surface area contributed by atoms with Crippen LogP contribution in [0, 0.1) is 22.7 Å². The Morgan fingerprint density at radius 1 is 0.516 bits per heavy atom. The van der Waals surface area contributed by atoms with Crippen molar-refractivity contribution < 1.29 is 9.31 Å². The van der Waals surface area contributed by atoms with Crippen molar-refractivity contribution in [3.8, 4) is 45.9 Å². The molecular weight excluding hydrogens is 383 g/mol. The fourth-order valence-electron chi connectivity index (χ4n) is 3.23. The van der Waals surface area contributed by atoms with Crippen LogP contribution in [0.5, 0.6) is 11.5 Å². The van der Waals surface area contributed by atoms with Crippen LogP contribution in [0.15, 0.2) is 97.1 Å². The number of hydrogen-bond donors (Lipinski definition) is 0. The summed E-state index contributed by atoms with van der Waals surface area (Å²) in [6.07, 6.45) is 0. The Morgan fingerprint density at radius 3 is 1.29 bits per heavy atom. The maximum atomic E-state index is 9.26. The van der Waals surface area contributed by atoms with Gasteiger partial charge in [-0.25, -0.2) is 0 Å². The van der Waals surface area contributed by atoms with Crippen LogP contribution in [0.3, 0.4) is 0 Å². The maximum Gasteiger partial charge on any atom is 0.658 e. The summed E-state index contributed by atoms with van der Waals surface area (Å²) in [6.45, 7) is 0. The zero-order valence-corrected chi connectivity index (χ0v) is 16.5. The zero-order valence-electron chi connectivity index (χ0n) is 16.5. The third-order valence-corrected chi connectivity index (χ3v) is 4.79. The van der Waals surface area contributed by atoms with E-state index in [-0.39, 0.29) is 0 Å². The predicted octanol–water partition coefficient (Wildman–Crippen LogP) is 5.76. The van der Waals surface area contributed by atoms with Gasteiger partial charge in [-0.1, -0.05) is 60.7 Å².